The molecule has 1 aliphatic carbocycles. The molecule has 14 heavy (non-hydrogen) atoms. The molecular weight excluding hydrogens is 242 g/mol. The van der Waals surface area contributed by atoms with Crippen LogP contribution < -0.4 is 10.5 Å². The average Bonchev–Trinajstić information content (AvgIpc) is 3.01. The molecule has 76 valence electrons. The predicted molar refractivity (Wildman–Crippen MR) is 60.3 cm³/mol. The van der Waals surface area contributed by atoms with Crippen molar-refractivity contribution < 1.29 is 4.74 Å². The van der Waals surface area contributed by atoms with Gasteiger partial charge in [-0.2, -0.15) is 0 Å². The second-order valence-corrected chi connectivity index (χ2v) is 4.60. The van der Waals surface area contributed by atoms with Crippen LogP contribution in [0.1, 0.15) is 24.4 Å². The monoisotopic (exact) mass is 255 g/mol. The Morgan fingerprint density at radius 1 is 1.50 bits per heavy atom. The van der Waals surface area contributed by atoms with E-state index in [4.69, 9.17) is 10.5 Å². The molecule has 0 unspecified atom stereocenters. The van der Waals surface area contributed by atoms with Crippen LogP contribution in [0, 0.1) is 5.92 Å². The molecule has 0 heterocycles. The van der Waals surface area contributed by atoms with E-state index in [0.717, 1.165) is 15.8 Å². The molecule has 2 N–H and O–H groups in total. The quantitative estimate of drug-likeness (QED) is 0.902. The molecule has 1 atom stereocenters. The third-order valence-electron chi connectivity index (χ3n) is 2.69. The van der Waals surface area contributed by atoms with Crippen molar-refractivity contribution in [2.45, 2.75) is 18.9 Å². The number of hydrogen-bond acceptors (Lipinski definition) is 2. The van der Waals surface area contributed by atoms with Gasteiger partial charge in [-0.1, -0.05) is 15.9 Å². The van der Waals surface area contributed by atoms with Gasteiger partial charge in [0.2, 0.25) is 0 Å². The summed E-state index contributed by atoms with van der Waals surface area (Å²) >= 11 is 3.52. The van der Waals surface area contributed by atoms with Gasteiger partial charge in [-0.3, -0.25) is 0 Å². The zero-order chi connectivity index (χ0) is 10.1. The maximum Gasteiger partial charge on any atom is 0.119 e. The smallest absolute Gasteiger partial charge is 0.119 e. The van der Waals surface area contributed by atoms with E-state index in [9.17, 15) is 0 Å². The summed E-state index contributed by atoms with van der Waals surface area (Å²) in [5.41, 5.74) is 7.30. The molecule has 1 aliphatic rings. The summed E-state index contributed by atoms with van der Waals surface area (Å²) in [6.07, 6.45) is 2.51. The average molecular weight is 256 g/mol. The Hall–Kier alpha value is -0.540. The van der Waals surface area contributed by atoms with Crippen LogP contribution in [0.3, 0.4) is 0 Å². The largest absolute Gasteiger partial charge is 0.497 e. The summed E-state index contributed by atoms with van der Waals surface area (Å²) in [7, 11) is 1.68. The van der Waals surface area contributed by atoms with Crippen molar-refractivity contribution in [2.24, 2.45) is 11.7 Å². The van der Waals surface area contributed by atoms with Crippen LogP contribution in [0.5, 0.6) is 5.75 Å². The topological polar surface area (TPSA) is 35.2 Å². The Balaban J connectivity index is 2.29. The van der Waals surface area contributed by atoms with Gasteiger partial charge in [-0.05, 0) is 42.5 Å². The number of ether oxygens (including phenoxy) is 1. The van der Waals surface area contributed by atoms with Crippen molar-refractivity contribution >= 4 is 15.9 Å². The first-order valence-electron chi connectivity index (χ1n) is 4.81. The molecule has 0 aliphatic heterocycles. The van der Waals surface area contributed by atoms with Crippen LogP contribution in [0.15, 0.2) is 22.7 Å². The van der Waals surface area contributed by atoms with Crippen LogP contribution in [0.4, 0.5) is 0 Å². The maximum absolute atomic E-state index is 6.14. The van der Waals surface area contributed by atoms with E-state index in [1.807, 2.05) is 18.2 Å². The van der Waals surface area contributed by atoms with Crippen LogP contribution >= 0.6 is 15.9 Å². The molecule has 1 aromatic carbocycles. The molecule has 1 saturated carbocycles. The lowest BCUT2D eigenvalue weighted by molar-refractivity contribution is 0.413. The Morgan fingerprint density at radius 3 is 2.79 bits per heavy atom. The Kier molecular flexibility index (Phi) is 2.79. The lowest BCUT2D eigenvalue weighted by Gasteiger charge is -2.13. The van der Waals surface area contributed by atoms with Crippen molar-refractivity contribution in [3.63, 3.8) is 0 Å². The summed E-state index contributed by atoms with van der Waals surface area (Å²) < 4.78 is 6.26. The highest BCUT2D eigenvalue weighted by Crippen LogP contribution is 2.42. The predicted octanol–water partition coefficient (Wildman–Crippen LogP) is 2.87. The van der Waals surface area contributed by atoms with Crippen LogP contribution in [-0.2, 0) is 0 Å². The number of rotatable bonds is 3. The van der Waals surface area contributed by atoms with E-state index < -0.39 is 0 Å². The highest BCUT2D eigenvalue weighted by molar-refractivity contribution is 9.10. The minimum Gasteiger partial charge on any atom is -0.497 e. The zero-order valence-corrected chi connectivity index (χ0v) is 9.75. The Labute approximate surface area is 92.6 Å². The Bertz CT molecular complexity index is 336. The lowest BCUT2D eigenvalue weighted by atomic mass is 10.0. The van der Waals surface area contributed by atoms with Crippen LogP contribution in [-0.4, -0.2) is 7.11 Å². The van der Waals surface area contributed by atoms with E-state index in [0.29, 0.717) is 5.92 Å². The first-order valence-corrected chi connectivity index (χ1v) is 5.60. The van der Waals surface area contributed by atoms with Gasteiger partial charge in [0.1, 0.15) is 5.75 Å². The molecule has 1 fully saturated rings. The molecule has 3 heteroatoms. The highest BCUT2D eigenvalue weighted by Gasteiger charge is 2.30. The molecule has 0 amide bonds. The number of nitrogens with two attached hydrogens (primary N) is 1. The van der Waals surface area contributed by atoms with E-state index >= 15 is 0 Å². The van der Waals surface area contributed by atoms with Crippen molar-refractivity contribution in [1.29, 1.82) is 0 Å². The maximum atomic E-state index is 6.14. The van der Waals surface area contributed by atoms with Crippen molar-refractivity contribution in [2.75, 3.05) is 7.11 Å². The van der Waals surface area contributed by atoms with Crippen LogP contribution in [0.2, 0.25) is 0 Å². The van der Waals surface area contributed by atoms with Gasteiger partial charge in [0.05, 0.1) is 7.11 Å². The normalized spacial score (nSPS) is 17.9. The van der Waals surface area contributed by atoms with Gasteiger partial charge < -0.3 is 10.5 Å². The minimum absolute atomic E-state index is 0.152. The van der Waals surface area contributed by atoms with E-state index in [1.165, 1.54) is 12.8 Å². The summed E-state index contributed by atoms with van der Waals surface area (Å²) in [5, 5.41) is 0. The van der Waals surface area contributed by atoms with Crippen molar-refractivity contribution in [3.8, 4) is 5.75 Å². The van der Waals surface area contributed by atoms with E-state index in [2.05, 4.69) is 15.9 Å². The molecule has 0 bridgehead atoms. The van der Waals surface area contributed by atoms with Crippen molar-refractivity contribution in [1.82, 2.24) is 0 Å². The van der Waals surface area contributed by atoms with Gasteiger partial charge in [-0.25, -0.2) is 0 Å². The minimum atomic E-state index is 0.152. The van der Waals surface area contributed by atoms with Gasteiger partial charge in [-0.15, -0.1) is 0 Å². The molecule has 0 radical (unpaired) electrons. The van der Waals surface area contributed by atoms with E-state index in [1.54, 1.807) is 7.11 Å². The summed E-state index contributed by atoms with van der Waals surface area (Å²) in [4.78, 5) is 0. The second-order valence-electron chi connectivity index (χ2n) is 3.75. The highest BCUT2D eigenvalue weighted by atomic mass is 79.9. The number of benzene rings is 1. The summed E-state index contributed by atoms with van der Waals surface area (Å²) in [6, 6.07) is 6.11. The lowest BCUT2D eigenvalue weighted by Crippen LogP contribution is -2.13. The third kappa shape index (κ3) is 1.93. The molecule has 2 rings (SSSR count). The SMILES string of the molecule is COc1ccc(Br)c([C@H](N)C2CC2)c1. The number of hydrogen-bond donors (Lipinski definition) is 1. The number of methoxy groups -OCH3 is 1. The van der Waals surface area contributed by atoms with E-state index in [-0.39, 0.29) is 6.04 Å². The molecular formula is C11H14BrNO. The standard InChI is InChI=1S/C11H14BrNO/c1-14-8-4-5-10(12)9(6-8)11(13)7-2-3-7/h4-7,11H,2-3,13H2,1H3/t11-/m1/s1. The summed E-state index contributed by atoms with van der Waals surface area (Å²) in [5.74, 6) is 1.54. The first kappa shape index (κ1) is 9.99. The fourth-order valence-corrected chi connectivity index (χ4v) is 2.12. The van der Waals surface area contributed by atoms with Gasteiger partial charge in [0.15, 0.2) is 0 Å². The fourth-order valence-electron chi connectivity index (χ4n) is 1.61. The molecule has 0 spiro atoms. The second kappa shape index (κ2) is 3.91. The summed E-state index contributed by atoms with van der Waals surface area (Å²) in [6.45, 7) is 0. The van der Waals surface area contributed by atoms with Gasteiger partial charge in [0, 0.05) is 10.5 Å². The van der Waals surface area contributed by atoms with Crippen LogP contribution in [0.25, 0.3) is 0 Å². The van der Waals surface area contributed by atoms with Gasteiger partial charge >= 0.3 is 0 Å². The molecule has 1 aromatic rings. The third-order valence-corrected chi connectivity index (χ3v) is 3.41. The first-order chi connectivity index (χ1) is 6.72. The molecule has 0 aromatic heterocycles. The zero-order valence-electron chi connectivity index (χ0n) is 8.16. The Morgan fingerprint density at radius 2 is 2.21 bits per heavy atom. The fraction of sp³-hybridized carbons (Fsp3) is 0.455. The number of halogens is 1. The van der Waals surface area contributed by atoms with Gasteiger partial charge in [0.25, 0.3) is 0 Å². The van der Waals surface area contributed by atoms with Crippen molar-refractivity contribution in [3.05, 3.63) is 28.2 Å². The molecule has 0 saturated heterocycles. The molecule has 2 nitrogen and oxygen atoms in total.